The highest BCUT2D eigenvalue weighted by Gasteiger charge is 2.17. The summed E-state index contributed by atoms with van der Waals surface area (Å²) in [6.07, 6.45) is 0. The second-order valence-electron chi connectivity index (χ2n) is 6.66. The van der Waals surface area contributed by atoms with Gasteiger partial charge in [-0.25, -0.2) is 8.42 Å². The zero-order chi connectivity index (χ0) is 23.3. The summed E-state index contributed by atoms with van der Waals surface area (Å²) in [5.41, 5.74) is 1.30. The molecule has 0 atom stereocenters. The number of nitrogens with one attached hydrogen (secondary N) is 3. The number of hydrogen-bond donors (Lipinski definition) is 3. The molecule has 0 aromatic heterocycles. The second kappa shape index (κ2) is 9.71. The van der Waals surface area contributed by atoms with E-state index < -0.39 is 15.9 Å². The van der Waals surface area contributed by atoms with Crippen LogP contribution in [-0.4, -0.2) is 27.3 Å². The first-order valence-electron chi connectivity index (χ1n) is 9.34. The molecular formula is C22H20ClN3O5S. The Morgan fingerprint density at radius 1 is 0.906 bits per heavy atom. The van der Waals surface area contributed by atoms with Gasteiger partial charge in [0.2, 0.25) is 5.91 Å². The molecule has 0 saturated carbocycles. The molecule has 32 heavy (non-hydrogen) atoms. The van der Waals surface area contributed by atoms with E-state index in [1.165, 1.54) is 44.4 Å². The number of rotatable bonds is 7. The van der Waals surface area contributed by atoms with Gasteiger partial charge in [-0.15, -0.1) is 0 Å². The molecule has 0 fully saturated rings. The molecular weight excluding hydrogens is 454 g/mol. The lowest BCUT2D eigenvalue weighted by molar-refractivity contribution is -0.114. The number of carbonyl (C=O) groups excluding carboxylic acids is 2. The van der Waals surface area contributed by atoms with Crippen molar-refractivity contribution >= 4 is 50.5 Å². The molecule has 3 rings (SSSR count). The maximum absolute atomic E-state index is 12.7. The normalized spacial score (nSPS) is 10.8. The Morgan fingerprint density at radius 3 is 2.25 bits per heavy atom. The number of benzene rings is 3. The van der Waals surface area contributed by atoms with E-state index in [1.54, 1.807) is 36.4 Å². The van der Waals surface area contributed by atoms with E-state index in [2.05, 4.69) is 15.4 Å². The average molecular weight is 474 g/mol. The van der Waals surface area contributed by atoms with Crippen molar-refractivity contribution in [2.24, 2.45) is 0 Å². The van der Waals surface area contributed by atoms with Crippen molar-refractivity contribution in [1.82, 2.24) is 0 Å². The number of hydrogen-bond acceptors (Lipinski definition) is 5. The van der Waals surface area contributed by atoms with Gasteiger partial charge in [0.25, 0.3) is 15.9 Å². The Morgan fingerprint density at radius 2 is 1.59 bits per heavy atom. The zero-order valence-electron chi connectivity index (χ0n) is 17.2. The Hall–Kier alpha value is -3.56. The van der Waals surface area contributed by atoms with Crippen LogP contribution in [0.1, 0.15) is 17.3 Å². The van der Waals surface area contributed by atoms with Crippen molar-refractivity contribution in [3.63, 3.8) is 0 Å². The van der Waals surface area contributed by atoms with E-state index in [4.69, 9.17) is 16.3 Å². The molecule has 2 amide bonds. The van der Waals surface area contributed by atoms with Gasteiger partial charge in [-0.2, -0.15) is 0 Å². The Labute approximate surface area is 190 Å². The van der Waals surface area contributed by atoms with Crippen LogP contribution in [0.2, 0.25) is 5.02 Å². The highest BCUT2D eigenvalue weighted by Crippen LogP contribution is 2.28. The van der Waals surface area contributed by atoms with Crippen LogP contribution in [0.25, 0.3) is 0 Å². The van der Waals surface area contributed by atoms with E-state index >= 15 is 0 Å². The summed E-state index contributed by atoms with van der Waals surface area (Å²) >= 11 is 6.13. The van der Waals surface area contributed by atoms with Gasteiger partial charge in [0.05, 0.1) is 28.4 Å². The maximum Gasteiger partial charge on any atom is 0.262 e. The van der Waals surface area contributed by atoms with Crippen LogP contribution >= 0.6 is 11.6 Å². The van der Waals surface area contributed by atoms with E-state index in [9.17, 15) is 18.0 Å². The highest BCUT2D eigenvalue weighted by atomic mass is 35.5. The summed E-state index contributed by atoms with van der Waals surface area (Å²) < 4.78 is 33.0. The molecule has 3 N–H and O–H groups in total. The minimum absolute atomic E-state index is 0.0226. The standard InChI is InChI=1S/C22H20ClN3O5S/c1-14(27)24-16-9-12-18(23)20(13-16)25-22(28)15-7-10-17(11-8-15)32(29,30)26-19-5-3-4-6-21(19)31-2/h3-13,26H,1-2H3,(H,24,27)(H,25,28). The second-order valence-corrected chi connectivity index (χ2v) is 8.75. The summed E-state index contributed by atoms with van der Waals surface area (Å²) in [6.45, 7) is 1.37. The van der Waals surface area contributed by atoms with Gasteiger partial charge in [-0.1, -0.05) is 23.7 Å². The summed E-state index contributed by atoms with van der Waals surface area (Å²) in [6, 6.07) is 16.7. The van der Waals surface area contributed by atoms with Crippen molar-refractivity contribution < 1.29 is 22.7 Å². The summed E-state index contributed by atoms with van der Waals surface area (Å²) in [5, 5.41) is 5.54. The Bertz CT molecular complexity index is 1260. The van der Waals surface area contributed by atoms with Crippen LogP contribution in [0, 0.1) is 0 Å². The van der Waals surface area contributed by atoms with Gasteiger partial charge in [-0.05, 0) is 54.6 Å². The molecule has 0 aliphatic heterocycles. The number of amides is 2. The fourth-order valence-corrected chi connectivity index (χ4v) is 4.05. The van der Waals surface area contributed by atoms with E-state index in [0.29, 0.717) is 22.8 Å². The third kappa shape index (κ3) is 5.57. The lowest BCUT2D eigenvalue weighted by Gasteiger charge is -2.12. The number of para-hydroxylation sites is 2. The monoisotopic (exact) mass is 473 g/mol. The number of carbonyl (C=O) groups is 2. The quantitative estimate of drug-likeness (QED) is 0.471. The van der Waals surface area contributed by atoms with Crippen LogP contribution in [0.3, 0.4) is 0 Å². The molecule has 166 valence electrons. The van der Waals surface area contributed by atoms with Gasteiger partial charge in [0, 0.05) is 18.2 Å². The fraction of sp³-hybridized carbons (Fsp3) is 0.0909. The number of ether oxygens (including phenoxy) is 1. The molecule has 8 nitrogen and oxygen atoms in total. The Kier molecular flexibility index (Phi) is 7.01. The lowest BCUT2D eigenvalue weighted by Crippen LogP contribution is -2.15. The van der Waals surface area contributed by atoms with Crippen LogP contribution in [0.5, 0.6) is 5.75 Å². The molecule has 0 saturated heterocycles. The topological polar surface area (TPSA) is 114 Å². The predicted molar refractivity (Wildman–Crippen MR) is 124 cm³/mol. The van der Waals surface area contributed by atoms with Crippen LogP contribution in [-0.2, 0) is 14.8 Å². The first-order chi connectivity index (χ1) is 15.2. The smallest absolute Gasteiger partial charge is 0.262 e. The molecule has 0 spiro atoms. The number of halogens is 1. The molecule has 0 aliphatic rings. The minimum Gasteiger partial charge on any atom is -0.495 e. The summed E-state index contributed by atoms with van der Waals surface area (Å²) in [7, 11) is -2.45. The molecule has 3 aromatic carbocycles. The van der Waals surface area contributed by atoms with E-state index in [-0.39, 0.29) is 21.4 Å². The van der Waals surface area contributed by atoms with Crippen molar-refractivity contribution in [2.75, 3.05) is 22.5 Å². The first kappa shape index (κ1) is 23.1. The van der Waals surface area contributed by atoms with Crippen molar-refractivity contribution in [3.8, 4) is 5.75 Å². The van der Waals surface area contributed by atoms with Crippen molar-refractivity contribution in [1.29, 1.82) is 0 Å². The van der Waals surface area contributed by atoms with Gasteiger partial charge in [0.15, 0.2) is 0 Å². The van der Waals surface area contributed by atoms with Gasteiger partial charge in [-0.3, -0.25) is 14.3 Å². The highest BCUT2D eigenvalue weighted by molar-refractivity contribution is 7.92. The fourth-order valence-electron chi connectivity index (χ4n) is 2.81. The predicted octanol–water partition coefficient (Wildman–Crippen LogP) is 4.36. The molecule has 0 unspecified atom stereocenters. The third-order valence-corrected chi connectivity index (χ3v) is 6.02. The van der Waals surface area contributed by atoms with Crippen LogP contribution in [0.15, 0.2) is 71.6 Å². The summed E-state index contributed by atoms with van der Waals surface area (Å²) in [4.78, 5) is 23.8. The zero-order valence-corrected chi connectivity index (χ0v) is 18.8. The van der Waals surface area contributed by atoms with Gasteiger partial charge < -0.3 is 15.4 Å². The molecule has 0 bridgehead atoms. The number of sulfonamides is 1. The molecule has 3 aromatic rings. The number of anilines is 3. The van der Waals surface area contributed by atoms with Crippen LogP contribution in [0.4, 0.5) is 17.1 Å². The first-order valence-corrected chi connectivity index (χ1v) is 11.2. The molecule has 0 aliphatic carbocycles. The van der Waals surface area contributed by atoms with Crippen molar-refractivity contribution in [2.45, 2.75) is 11.8 Å². The number of methoxy groups -OCH3 is 1. The third-order valence-electron chi connectivity index (χ3n) is 4.31. The summed E-state index contributed by atoms with van der Waals surface area (Å²) in [5.74, 6) is -0.373. The largest absolute Gasteiger partial charge is 0.495 e. The molecule has 0 radical (unpaired) electrons. The maximum atomic E-state index is 12.7. The van der Waals surface area contributed by atoms with Crippen LogP contribution < -0.4 is 20.1 Å². The lowest BCUT2D eigenvalue weighted by atomic mass is 10.2. The molecule has 10 heteroatoms. The SMILES string of the molecule is COc1ccccc1NS(=O)(=O)c1ccc(C(=O)Nc2cc(NC(C)=O)ccc2Cl)cc1. The Balaban J connectivity index is 1.76. The van der Waals surface area contributed by atoms with Crippen molar-refractivity contribution in [3.05, 3.63) is 77.3 Å². The average Bonchev–Trinajstić information content (AvgIpc) is 2.76. The van der Waals surface area contributed by atoms with Gasteiger partial charge in [0.1, 0.15) is 5.75 Å². The van der Waals surface area contributed by atoms with E-state index in [0.717, 1.165) is 0 Å². The molecule has 0 heterocycles. The van der Waals surface area contributed by atoms with Gasteiger partial charge >= 0.3 is 0 Å². The van der Waals surface area contributed by atoms with E-state index in [1.807, 2.05) is 0 Å². The minimum atomic E-state index is -3.89.